The molecule has 9 rings (SSSR count). The second kappa shape index (κ2) is 9.37. The predicted octanol–water partition coefficient (Wildman–Crippen LogP) is 11.8. The van der Waals surface area contributed by atoms with Crippen molar-refractivity contribution in [1.29, 1.82) is 0 Å². The predicted molar refractivity (Wildman–Crippen MR) is 179 cm³/mol. The minimum absolute atomic E-state index is 0.858. The number of hydrogen-bond acceptors (Lipinski definition) is 3. The summed E-state index contributed by atoms with van der Waals surface area (Å²) < 4.78 is 13.0. The first-order valence-electron chi connectivity index (χ1n) is 14.5. The highest BCUT2D eigenvalue weighted by molar-refractivity contribution is 6.17. The quantitative estimate of drug-likeness (QED) is 0.218. The van der Waals surface area contributed by atoms with Gasteiger partial charge in [-0.25, -0.2) is 0 Å². The van der Waals surface area contributed by atoms with Gasteiger partial charge < -0.3 is 13.7 Å². The lowest BCUT2D eigenvalue weighted by atomic mass is 10.0. The van der Waals surface area contributed by atoms with Crippen LogP contribution in [0.1, 0.15) is 0 Å². The van der Waals surface area contributed by atoms with Crippen LogP contribution in [0.25, 0.3) is 65.8 Å². The first kappa shape index (κ1) is 23.9. The summed E-state index contributed by atoms with van der Waals surface area (Å²) in [5, 5.41) is 6.68. The molecule has 0 saturated carbocycles. The maximum absolute atomic E-state index is 6.82. The second-order valence-corrected chi connectivity index (χ2v) is 10.9. The summed E-state index contributed by atoms with van der Waals surface area (Å²) in [7, 11) is 0. The van der Waals surface area contributed by atoms with Crippen molar-refractivity contribution in [3.05, 3.63) is 152 Å². The minimum atomic E-state index is 0.858. The van der Waals surface area contributed by atoms with Crippen molar-refractivity contribution in [2.45, 2.75) is 0 Å². The van der Waals surface area contributed by atoms with Crippen LogP contribution in [0.15, 0.2) is 160 Å². The average molecular weight is 552 g/mol. The van der Waals surface area contributed by atoms with E-state index in [0.29, 0.717) is 0 Å². The van der Waals surface area contributed by atoms with Gasteiger partial charge in [-0.05, 0) is 65.0 Å². The number of fused-ring (bicyclic) bond motifs is 8. The number of rotatable bonds is 4. The largest absolute Gasteiger partial charge is 0.456 e. The Labute approximate surface area is 247 Å². The molecule has 0 aliphatic heterocycles. The van der Waals surface area contributed by atoms with Crippen LogP contribution in [0.2, 0.25) is 0 Å². The third-order valence-electron chi connectivity index (χ3n) is 8.44. The third-order valence-corrected chi connectivity index (χ3v) is 8.44. The highest BCUT2D eigenvalue weighted by Gasteiger charge is 2.21. The second-order valence-electron chi connectivity index (χ2n) is 10.9. The normalized spacial score (nSPS) is 11.7. The van der Waals surface area contributed by atoms with Gasteiger partial charge in [-0.2, -0.15) is 0 Å². The maximum Gasteiger partial charge on any atom is 0.159 e. The fourth-order valence-corrected chi connectivity index (χ4v) is 6.42. The van der Waals surface area contributed by atoms with Gasteiger partial charge in [0.15, 0.2) is 5.58 Å². The molecule has 0 amide bonds. The first-order chi connectivity index (χ1) is 21.3. The summed E-state index contributed by atoms with van der Waals surface area (Å²) in [4.78, 5) is 2.31. The molecule has 3 heteroatoms. The van der Waals surface area contributed by atoms with Gasteiger partial charge in [0, 0.05) is 38.3 Å². The molecule has 0 spiro atoms. The summed E-state index contributed by atoms with van der Waals surface area (Å²) in [5.41, 5.74) is 8.92. The molecule has 0 radical (unpaired) electrons. The minimum Gasteiger partial charge on any atom is -0.456 e. The molecule has 0 atom stereocenters. The van der Waals surface area contributed by atoms with Crippen molar-refractivity contribution in [1.82, 2.24) is 0 Å². The van der Waals surface area contributed by atoms with E-state index >= 15 is 0 Å². The van der Waals surface area contributed by atoms with Gasteiger partial charge in [0.2, 0.25) is 0 Å². The summed E-state index contributed by atoms with van der Waals surface area (Å²) in [6.07, 6.45) is 0. The molecule has 9 aromatic rings. The van der Waals surface area contributed by atoms with Crippen molar-refractivity contribution < 1.29 is 8.83 Å². The Kier molecular flexibility index (Phi) is 5.20. The van der Waals surface area contributed by atoms with Crippen LogP contribution in [0.4, 0.5) is 17.1 Å². The molecule has 43 heavy (non-hydrogen) atoms. The number of furan rings is 2. The Bertz CT molecular complexity index is 2470. The molecule has 3 nitrogen and oxygen atoms in total. The van der Waals surface area contributed by atoms with Gasteiger partial charge in [-0.1, -0.05) is 103 Å². The lowest BCUT2D eigenvalue weighted by molar-refractivity contribution is 0.669. The SMILES string of the molecule is c1ccc(-c2cccc(N(c3ccc4oc5ccccc5c4c3)c3cccc4c3oc3c5ccccc5ccc43)c2)cc1. The summed E-state index contributed by atoms with van der Waals surface area (Å²) in [6.45, 7) is 0. The van der Waals surface area contributed by atoms with Gasteiger partial charge in [0.1, 0.15) is 16.7 Å². The number of para-hydroxylation sites is 2. The maximum atomic E-state index is 6.82. The zero-order valence-electron chi connectivity index (χ0n) is 23.2. The Balaban J connectivity index is 1.33. The van der Waals surface area contributed by atoms with E-state index in [2.05, 4.69) is 144 Å². The van der Waals surface area contributed by atoms with Crippen molar-refractivity contribution in [3.63, 3.8) is 0 Å². The van der Waals surface area contributed by atoms with Crippen molar-refractivity contribution >= 4 is 71.7 Å². The number of anilines is 3. The van der Waals surface area contributed by atoms with E-state index in [9.17, 15) is 0 Å². The third kappa shape index (κ3) is 3.75. The fourth-order valence-electron chi connectivity index (χ4n) is 6.42. The van der Waals surface area contributed by atoms with E-state index in [0.717, 1.165) is 71.9 Å². The summed E-state index contributed by atoms with van der Waals surface area (Å²) >= 11 is 0. The molecule has 0 saturated heterocycles. The van der Waals surface area contributed by atoms with Gasteiger partial charge in [0.25, 0.3) is 0 Å². The Morgan fingerprint density at radius 3 is 2.00 bits per heavy atom. The van der Waals surface area contributed by atoms with Crippen LogP contribution < -0.4 is 4.90 Å². The molecule has 7 aromatic carbocycles. The van der Waals surface area contributed by atoms with E-state index in [1.165, 1.54) is 10.9 Å². The van der Waals surface area contributed by atoms with E-state index in [1.54, 1.807) is 0 Å². The Morgan fingerprint density at radius 1 is 0.372 bits per heavy atom. The molecule has 0 unspecified atom stereocenters. The fraction of sp³-hybridized carbons (Fsp3) is 0. The molecular weight excluding hydrogens is 526 g/mol. The zero-order valence-corrected chi connectivity index (χ0v) is 23.2. The highest BCUT2D eigenvalue weighted by atomic mass is 16.3. The lowest BCUT2D eigenvalue weighted by Gasteiger charge is -2.26. The Morgan fingerprint density at radius 2 is 1.07 bits per heavy atom. The number of hydrogen-bond donors (Lipinski definition) is 0. The molecular formula is C40H25NO2. The van der Waals surface area contributed by atoms with Crippen LogP contribution in [0.5, 0.6) is 0 Å². The van der Waals surface area contributed by atoms with Crippen molar-refractivity contribution in [3.8, 4) is 11.1 Å². The molecule has 0 fully saturated rings. The van der Waals surface area contributed by atoms with Crippen LogP contribution in [0, 0.1) is 0 Å². The van der Waals surface area contributed by atoms with Crippen LogP contribution in [-0.2, 0) is 0 Å². The lowest BCUT2D eigenvalue weighted by Crippen LogP contribution is -2.10. The molecule has 0 aliphatic carbocycles. The summed E-state index contributed by atoms with van der Waals surface area (Å²) in [5.74, 6) is 0. The van der Waals surface area contributed by atoms with E-state index in [1.807, 2.05) is 12.1 Å². The number of benzene rings is 7. The zero-order chi connectivity index (χ0) is 28.3. The molecule has 202 valence electrons. The Hall–Kier alpha value is -5.80. The van der Waals surface area contributed by atoms with Crippen LogP contribution >= 0.6 is 0 Å². The van der Waals surface area contributed by atoms with Gasteiger partial charge in [0.05, 0.1) is 5.69 Å². The standard InChI is InChI=1S/C40H25NO2/c1-2-10-26(11-3-1)28-13-8-14-29(24-28)41(30-21-23-38-35(25-30)32-16-6-7-19-37(32)42-38)36-18-9-17-33-34-22-20-27-12-4-5-15-31(27)39(34)43-40(33)36/h1-25H. The monoisotopic (exact) mass is 551 g/mol. The topological polar surface area (TPSA) is 29.5 Å². The van der Waals surface area contributed by atoms with E-state index in [-0.39, 0.29) is 0 Å². The molecule has 0 bridgehead atoms. The van der Waals surface area contributed by atoms with Crippen LogP contribution in [0.3, 0.4) is 0 Å². The van der Waals surface area contributed by atoms with Gasteiger partial charge in [-0.15, -0.1) is 0 Å². The number of nitrogens with zero attached hydrogens (tertiary/aromatic N) is 1. The van der Waals surface area contributed by atoms with E-state index < -0.39 is 0 Å². The molecule has 0 N–H and O–H groups in total. The summed E-state index contributed by atoms with van der Waals surface area (Å²) in [6, 6.07) is 53.1. The molecule has 2 aromatic heterocycles. The van der Waals surface area contributed by atoms with Crippen molar-refractivity contribution in [2.24, 2.45) is 0 Å². The molecule has 0 aliphatic rings. The smallest absolute Gasteiger partial charge is 0.159 e. The highest BCUT2D eigenvalue weighted by Crippen LogP contribution is 2.45. The molecule has 2 heterocycles. The average Bonchev–Trinajstić information content (AvgIpc) is 3.65. The van der Waals surface area contributed by atoms with Gasteiger partial charge >= 0.3 is 0 Å². The van der Waals surface area contributed by atoms with Gasteiger partial charge in [-0.3, -0.25) is 0 Å². The van der Waals surface area contributed by atoms with E-state index in [4.69, 9.17) is 8.83 Å². The first-order valence-corrected chi connectivity index (χ1v) is 14.5. The van der Waals surface area contributed by atoms with Crippen molar-refractivity contribution in [2.75, 3.05) is 4.90 Å². The van der Waals surface area contributed by atoms with Crippen LogP contribution in [-0.4, -0.2) is 0 Å².